The van der Waals surface area contributed by atoms with Gasteiger partial charge in [-0.2, -0.15) is 0 Å². The van der Waals surface area contributed by atoms with E-state index in [4.69, 9.17) is 0 Å². The Morgan fingerprint density at radius 1 is 1.14 bits per heavy atom. The van der Waals surface area contributed by atoms with E-state index < -0.39 is 0 Å². The third-order valence-corrected chi connectivity index (χ3v) is 5.49. The number of rotatable bonds is 4. The summed E-state index contributed by atoms with van der Waals surface area (Å²) in [6, 6.07) is 3.76. The van der Waals surface area contributed by atoms with Gasteiger partial charge in [0.1, 0.15) is 5.69 Å². The van der Waals surface area contributed by atoms with Gasteiger partial charge in [-0.1, -0.05) is 6.07 Å². The Morgan fingerprint density at radius 3 is 2.71 bits per heavy atom. The van der Waals surface area contributed by atoms with Gasteiger partial charge in [0, 0.05) is 51.7 Å². The van der Waals surface area contributed by atoms with Crippen molar-refractivity contribution in [1.82, 2.24) is 29.7 Å². The zero-order valence-corrected chi connectivity index (χ0v) is 16.2. The van der Waals surface area contributed by atoms with Crippen molar-refractivity contribution in [2.75, 3.05) is 33.2 Å². The number of carbonyl (C=O) groups is 2. The molecule has 2 aromatic heterocycles. The van der Waals surface area contributed by atoms with E-state index in [-0.39, 0.29) is 11.8 Å². The molecular weight excluding hydrogens is 356 g/mol. The summed E-state index contributed by atoms with van der Waals surface area (Å²) in [7, 11) is 2.06. The summed E-state index contributed by atoms with van der Waals surface area (Å²) < 4.78 is 1.96. The lowest BCUT2D eigenvalue weighted by Crippen LogP contribution is -2.47. The van der Waals surface area contributed by atoms with Crippen LogP contribution in [0.5, 0.6) is 0 Å². The maximum atomic E-state index is 13.1. The predicted molar refractivity (Wildman–Crippen MR) is 104 cm³/mol. The second-order valence-corrected chi connectivity index (χ2v) is 7.48. The van der Waals surface area contributed by atoms with Crippen LogP contribution in [-0.4, -0.2) is 69.4 Å². The molecule has 0 unspecified atom stereocenters. The molecule has 8 heteroatoms. The normalized spacial score (nSPS) is 17.2. The van der Waals surface area contributed by atoms with Crippen LogP contribution in [0.2, 0.25) is 0 Å². The summed E-state index contributed by atoms with van der Waals surface area (Å²) in [6.45, 7) is 4.24. The van der Waals surface area contributed by atoms with Gasteiger partial charge in [0.2, 0.25) is 0 Å². The molecule has 2 aliphatic heterocycles. The summed E-state index contributed by atoms with van der Waals surface area (Å²) in [5, 5.41) is 2.92. The molecule has 2 aromatic rings. The lowest BCUT2D eigenvalue weighted by molar-refractivity contribution is 0.0645. The molecule has 1 fully saturated rings. The van der Waals surface area contributed by atoms with Crippen LogP contribution >= 0.6 is 0 Å². The smallest absolute Gasteiger partial charge is 0.289 e. The maximum absolute atomic E-state index is 13.1. The number of carbonyl (C=O) groups excluding carboxylic acids is 2. The highest BCUT2D eigenvalue weighted by Crippen LogP contribution is 2.22. The molecule has 0 aromatic carbocycles. The monoisotopic (exact) mass is 382 g/mol. The van der Waals surface area contributed by atoms with E-state index in [0.29, 0.717) is 31.2 Å². The Morgan fingerprint density at radius 2 is 1.96 bits per heavy atom. The average Bonchev–Trinajstić information content (AvgIpc) is 3.13. The van der Waals surface area contributed by atoms with Gasteiger partial charge in [-0.3, -0.25) is 14.6 Å². The number of nitrogens with one attached hydrogen (secondary N) is 1. The zero-order valence-electron chi connectivity index (χ0n) is 16.2. The van der Waals surface area contributed by atoms with Crippen molar-refractivity contribution in [3.63, 3.8) is 0 Å². The van der Waals surface area contributed by atoms with Crippen molar-refractivity contribution in [2.24, 2.45) is 0 Å². The molecule has 0 radical (unpaired) electrons. The number of piperazine rings is 1. The first-order valence-corrected chi connectivity index (χ1v) is 9.88. The first-order valence-electron chi connectivity index (χ1n) is 9.88. The second kappa shape index (κ2) is 8.10. The van der Waals surface area contributed by atoms with Crippen LogP contribution in [0, 0.1) is 0 Å². The Bertz CT molecular complexity index is 855. The molecule has 8 nitrogen and oxygen atoms in total. The van der Waals surface area contributed by atoms with E-state index in [2.05, 4.69) is 27.2 Å². The van der Waals surface area contributed by atoms with Crippen LogP contribution in [0.15, 0.2) is 24.5 Å². The van der Waals surface area contributed by atoms with E-state index in [1.807, 2.05) is 21.6 Å². The molecule has 0 saturated carbocycles. The van der Waals surface area contributed by atoms with E-state index in [1.54, 1.807) is 12.4 Å². The van der Waals surface area contributed by atoms with Gasteiger partial charge in [-0.15, -0.1) is 0 Å². The molecule has 0 spiro atoms. The lowest BCUT2D eigenvalue weighted by atomic mass is 10.1. The average molecular weight is 382 g/mol. The van der Waals surface area contributed by atoms with E-state index >= 15 is 0 Å². The highest BCUT2D eigenvalue weighted by Gasteiger charge is 2.30. The topological polar surface area (TPSA) is 83.4 Å². The zero-order chi connectivity index (χ0) is 19.5. The molecule has 0 bridgehead atoms. The first-order chi connectivity index (χ1) is 13.6. The third-order valence-electron chi connectivity index (χ3n) is 5.49. The Balaban J connectivity index is 1.54. The standard InChI is InChI=1S/C20H26N6O2/c1-24-9-11-25(12-10-24)20(28)18-23-17(16-6-2-3-8-26(16)18)19(27)22-14-15-5-4-7-21-13-15/h4-5,7,13H,2-3,6,8-12,14H2,1H3,(H,22,27). The quantitative estimate of drug-likeness (QED) is 0.851. The molecule has 0 aliphatic carbocycles. The highest BCUT2D eigenvalue weighted by atomic mass is 16.2. The van der Waals surface area contributed by atoms with Crippen molar-refractivity contribution in [2.45, 2.75) is 32.4 Å². The number of hydrogen-bond donors (Lipinski definition) is 1. The largest absolute Gasteiger partial charge is 0.347 e. The van der Waals surface area contributed by atoms with Gasteiger partial charge in [0.05, 0.1) is 5.69 Å². The fourth-order valence-electron chi connectivity index (χ4n) is 3.81. The van der Waals surface area contributed by atoms with Crippen LogP contribution in [0.25, 0.3) is 0 Å². The van der Waals surface area contributed by atoms with Gasteiger partial charge in [0.15, 0.2) is 5.82 Å². The molecule has 28 heavy (non-hydrogen) atoms. The molecule has 2 aliphatic rings. The summed E-state index contributed by atoms with van der Waals surface area (Å²) in [5.41, 5.74) is 2.20. The molecule has 4 rings (SSSR count). The maximum Gasteiger partial charge on any atom is 0.289 e. The number of nitrogens with zero attached hydrogens (tertiary/aromatic N) is 5. The van der Waals surface area contributed by atoms with Crippen LogP contribution in [0.1, 0.15) is 45.2 Å². The van der Waals surface area contributed by atoms with Crippen molar-refractivity contribution < 1.29 is 9.59 Å². The second-order valence-electron chi connectivity index (χ2n) is 7.48. The van der Waals surface area contributed by atoms with Crippen LogP contribution < -0.4 is 5.32 Å². The van der Waals surface area contributed by atoms with Crippen molar-refractivity contribution in [3.05, 3.63) is 47.3 Å². The predicted octanol–water partition coefficient (Wildman–Crippen LogP) is 0.932. The van der Waals surface area contributed by atoms with Crippen molar-refractivity contribution in [1.29, 1.82) is 0 Å². The van der Waals surface area contributed by atoms with E-state index in [9.17, 15) is 9.59 Å². The summed E-state index contributed by atoms with van der Waals surface area (Å²) in [6.07, 6.45) is 6.22. The number of aromatic nitrogens is 3. The van der Waals surface area contributed by atoms with Crippen molar-refractivity contribution in [3.8, 4) is 0 Å². The first kappa shape index (κ1) is 18.6. The molecule has 0 atom stereocenters. The lowest BCUT2D eigenvalue weighted by Gasteiger charge is -2.32. The van der Waals surface area contributed by atoms with Gasteiger partial charge in [-0.05, 0) is 37.9 Å². The minimum absolute atomic E-state index is 0.0671. The molecular formula is C20H26N6O2. The van der Waals surface area contributed by atoms with E-state index in [0.717, 1.165) is 50.2 Å². The van der Waals surface area contributed by atoms with Gasteiger partial charge in [0.25, 0.3) is 11.8 Å². The minimum Gasteiger partial charge on any atom is -0.347 e. The molecule has 148 valence electrons. The summed E-state index contributed by atoms with van der Waals surface area (Å²) >= 11 is 0. The number of amides is 2. The molecule has 1 saturated heterocycles. The number of likely N-dealkylation sites (N-methyl/N-ethyl adjacent to an activating group) is 1. The molecule has 2 amide bonds. The fraction of sp³-hybridized carbons (Fsp3) is 0.500. The summed E-state index contributed by atoms with van der Waals surface area (Å²) in [4.78, 5) is 38.5. The van der Waals surface area contributed by atoms with E-state index in [1.165, 1.54) is 0 Å². The SMILES string of the molecule is CN1CCN(C(=O)c2nc(C(=O)NCc3cccnc3)c3n2CCCC3)CC1. The Labute approximate surface area is 164 Å². The fourth-order valence-corrected chi connectivity index (χ4v) is 3.81. The Kier molecular flexibility index (Phi) is 5.38. The Hall–Kier alpha value is -2.74. The van der Waals surface area contributed by atoms with Crippen LogP contribution in [0.3, 0.4) is 0 Å². The van der Waals surface area contributed by atoms with Gasteiger partial charge >= 0.3 is 0 Å². The molecule has 1 N–H and O–H groups in total. The highest BCUT2D eigenvalue weighted by molar-refractivity contribution is 5.97. The number of pyridine rings is 1. The summed E-state index contributed by atoms with van der Waals surface area (Å²) in [5.74, 6) is 0.111. The van der Waals surface area contributed by atoms with Gasteiger partial charge < -0.3 is 19.7 Å². The molecule has 4 heterocycles. The van der Waals surface area contributed by atoms with Gasteiger partial charge in [-0.25, -0.2) is 4.98 Å². The number of imidazole rings is 1. The minimum atomic E-state index is -0.230. The number of fused-ring (bicyclic) bond motifs is 1. The van der Waals surface area contributed by atoms with Crippen molar-refractivity contribution >= 4 is 11.8 Å². The third kappa shape index (κ3) is 3.77. The number of hydrogen-bond acceptors (Lipinski definition) is 5. The van der Waals surface area contributed by atoms with Crippen LogP contribution in [0.4, 0.5) is 0 Å². The van der Waals surface area contributed by atoms with Crippen LogP contribution in [-0.2, 0) is 19.5 Å².